The Balaban J connectivity index is 1.11. The minimum Gasteiger partial charge on any atom is -0.381 e. The summed E-state index contributed by atoms with van der Waals surface area (Å²) in [4.78, 5) is 6.61. The van der Waals surface area contributed by atoms with E-state index in [-0.39, 0.29) is 0 Å². The van der Waals surface area contributed by atoms with Gasteiger partial charge in [-0.15, -0.1) is 0 Å². The minimum absolute atomic E-state index is 0.364. The van der Waals surface area contributed by atoms with Crippen LogP contribution in [0.2, 0.25) is 0 Å². The molecule has 0 spiro atoms. The highest BCUT2D eigenvalue weighted by molar-refractivity contribution is 6.25. The second-order valence-electron chi connectivity index (χ2n) is 14.0. The highest BCUT2D eigenvalue weighted by Gasteiger charge is 2.28. The summed E-state index contributed by atoms with van der Waals surface area (Å²) in [5.74, 6) is 1.41. The molecule has 0 bridgehead atoms. The highest BCUT2D eigenvalue weighted by atomic mass is 15.1. The number of allylic oxidation sites excluding steroid dienone is 9. The Bertz CT molecular complexity index is 2340. The molecule has 0 radical (unpaired) electrons. The number of benzene rings is 5. The molecule has 49 heavy (non-hydrogen) atoms. The van der Waals surface area contributed by atoms with Crippen LogP contribution >= 0.6 is 0 Å². The standard InChI is InChI=1S/C47H40N2/c1-49-25-21-33(22-26-49)38-28-37(32-19-23-48-24-20-32)29-39(30-38)34-9-8-10-35(27-34)40-11-2-3-12-41(40)36-17-18-46-44-15-5-4-13-42(44)43-14-6-7-16-45(43)47(46)31-36/h2-8,10-21,23-25,27-29,31,33-34,38H,9,22,26,30H2,1H3. The number of pyridine rings is 1. The fourth-order valence-electron chi connectivity index (χ4n) is 8.45. The predicted molar refractivity (Wildman–Crippen MR) is 208 cm³/mol. The smallest absolute Gasteiger partial charge is 0.0273 e. The maximum absolute atomic E-state index is 4.30. The molecule has 2 heteroatoms. The van der Waals surface area contributed by atoms with E-state index in [1.807, 2.05) is 12.4 Å². The van der Waals surface area contributed by atoms with Gasteiger partial charge in [-0.2, -0.15) is 0 Å². The molecule has 3 atom stereocenters. The number of hydrogen-bond acceptors (Lipinski definition) is 2. The van der Waals surface area contributed by atoms with Gasteiger partial charge in [-0.05, 0) is 121 Å². The fraction of sp³-hybridized carbons (Fsp3) is 0.170. The molecule has 3 aliphatic rings. The SMILES string of the molecule is CN1C=CC(C2C=C(c3ccncc3)C=C(C3C=C(c4ccccc4-c4ccc5c6ccccc6c6ccccc6c5c4)C=CC3)C2)CC1. The van der Waals surface area contributed by atoms with Gasteiger partial charge in [-0.1, -0.05) is 127 Å². The van der Waals surface area contributed by atoms with E-state index in [9.17, 15) is 0 Å². The normalized spacial score (nSPS) is 20.8. The lowest BCUT2D eigenvalue weighted by Gasteiger charge is -2.34. The number of hydrogen-bond donors (Lipinski definition) is 0. The van der Waals surface area contributed by atoms with Crippen molar-refractivity contribution in [2.24, 2.45) is 17.8 Å². The molecule has 0 N–H and O–H groups in total. The van der Waals surface area contributed by atoms with Gasteiger partial charge in [0.15, 0.2) is 0 Å². The third-order valence-corrected chi connectivity index (χ3v) is 11.0. The molecule has 0 saturated carbocycles. The molecular formula is C47H40N2. The Labute approximate surface area is 289 Å². The van der Waals surface area contributed by atoms with Crippen LogP contribution in [-0.2, 0) is 0 Å². The summed E-state index contributed by atoms with van der Waals surface area (Å²) in [6.45, 7) is 1.11. The van der Waals surface area contributed by atoms with Crippen molar-refractivity contribution in [3.8, 4) is 11.1 Å². The lowest BCUT2D eigenvalue weighted by Crippen LogP contribution is -2.26. The third-order valence-electron chi connectivity index (χ3n) is 11.0. The number of nitrogens with zero attached hydrogens (tertiary/aromatic N) is 2. The monoisotopic (exact) mass is 632 g/mol. The van der Waals surface area contributed by atoms with Crippen molar-refractivity contribution < 1.29 is 0 Å². The van der Waals surface area contributed by atoms with Gasteiger partial charge < -0.3 is 4.90 Å². The van der Waals surface area contributed by atoms with E-state index in [0.717, 1.165) is 19.4 Å². The average molecular weight is 633 g/mol. The Morgan fingerprint density at radius 2 is 1.31 bits per heavy atom. The number of aromatic nitrogens is 1. The van der Waals surface area contributed by atoms with Crippen molar-refractivity contribution in [1.29, 1.82) is 0 Å². The van der Waals surface area contributed by atoms with E-state index in [1.54, 1.807) is 0 Å². The van der Waals surface area contributed by atoms with Crippen LogP contribution in [-0.4, -0.2) is 23.5 Å². The van der Waals surface area contributed by atoms with E-state index in [2.05, 4.69) is 163 Å². The second-order valence-corrected chi connectivity index (χ2v) is 14.0. The molecule has 2 aliphatic carbocycles. The van der Waals surface area contributed by atoms with E-state index < -0.39 is 0 Å². The molecule has 2 heterocycles. The molecule has 0 amide bonds. The maximum atomic E-state index is 4.30. The first-order chi connectivity index (χ1) is 24.2. The van der Waals surface area contributed by atoms with Crippen LogP contribution < -0.4 is 0 Å². The fourth-order valence-corrected chi connectivity index (χ4v) is 8.45. The zero-order valence-electron chi connectivity index (χ0n) is 28.0. The molecule has 238 valence electrons. The summed E-state index contributed by atoms with van der Waals surface area (Å²) >= 11 is 0. The third kappa shape index (κ3) is 5.52. The van der Waals surface area contributed by atoms with Crippen LogP contribution in [0.25, 0.3) is 54.6 Å². The van der Waals surface area contributed by atoms with E-state index in [1.165, 1.54) is 77.7 Å². The van der Waals surface area contributed by atoms with Gasteiger partial charge in [-0.25, -0.2) is 0 Å². The van der Waals surface area contributed by atoms with Crippen LogP contribution in [0.1, 0.15) is 30.4 Å². The average Bonchev–Trinajstić information content (AvgIpc) is 3.18. The molecule has 2 nitrogen and oxygen atoms in total. The summed E-state index contributed by atoms with van der Waals surface area (Å²) in [7, 11) is 2.18. The molecule has 1 aliphatic heterocycles. The zero-order valence-corrected chi connectivity index (χ0v) is 28.0. The van der Waals surface area contributed by atoms with Crippen molar-refractivity contribution in [2.75, 3.05) is 13.6 Å². The lowest BCUT2D eigenvalue weighted by molar-refractivity contribution is 0.329. The summed E-state index contributed by atoms with van der Waals surface area (Å²) in [6.07, 6.45) is 24.2. The molecule has 1 aromatic heterocycles. The summed E-state index contributed by atoms with van der Waals surface area (Å²) in [6, 6.07) is 38.0. The first-order valence-electron chi connectivity index (χ1n) is 17.7. The molecule has 0 fully saturated rings. The van der Waals surface area contributed by atoms with Crippen LogP contribution in [0, 0.1) is 17.8 Å². The Morgan fingerprint density at radius 1 is 0.633 bits per heavy atom. The van der Waals surface area contributed by atoms with Crippen LogP contribution in [0.15, 0.2) is 164 Å². The van der Waals surface area contributed by atoms with E-state index in [4.69, 9.17) is 0 Å². The zero-order chi connectivity index (χ0) is 32.7. The van der Waals surface area contributed by atoms with Crippen molar-refractivity contribution >= 4 is 43.5 Å². The molecule has 3 unspecified atom stereocenters. The lowest BCUT2D eigenvalue weighted by atomic mass is 9.73. The van der Waals surface area contributed by atoms with Gasteiger partial charge in [0.05, 0.1) is 0 Å². The first-order valence-corrected chi connectivity index (χ1v) is 17.7. The van der Waals surface area contributed by atoms with Gasteiger partial charge in [0.25, 0.3) is 0 Å². The van der Waals surface area contributed by atoms with Crippen molar-refractivity contribution in [3.05, 3.63) is 175 Å². The van der Waals surface area contributed by atoms with E-state index >= 15 is 0 Å². The van der Waals surface area contributed by atoms with Gasteiger partial charge in [0.1, 0.15) is 0 Å². The largest absolute Gasteiger partial charge is 0.381 e. The van der Waals surface area contributed by atoms with E-state index in [0.29, 0.717) is 17.8 Å². The van der Waals surface area contributed by atoms with Gasteiger partial charge in [-0.3, -0.25) is 4.98 Å². The van der Waals surface area contributed by atoms with Crippen molar-refractivity contribution in [3.63, 3.8) is 0 Å². The van der Waals surface area contributed by atoms with Crippen molar-refractivity contribution in [2.45, 2.75) is 19.3 Å². The first kappa shape index (κ1) is 29.7. The Hall–Kier alpha value is -5.47. The van der Waals surface area contributed by atoms with Gasteiger partial charge in [0, 0.05) is 31.9 Å². The molecule has 6 aromatic rings. The molecular weight excluding hydrogens is 593 g/mol. The maximum Gasteiger partial charge on any atom is 0.0273 e. The van der Waals surface area contributed by atoms with Crippen LogP contribution in [0.3, 0.4) is 0 Å². The Morgan fingerprint density at radius 3 is 2.02 bits per heavy atom. The molecule has 0 saturated heterocycles. The summed E-state index contributed by atoms with van der Waals surface area (Å²) < 4.78 is 0. The number of fused-ring (bicyclic) bond motifs is 6. The summed E-state index contributed by atoms with van der Waals surface area (Å²) in [5.41, 5.74) is 9.27. The summed E-state index contributed by atoms with van der Waals surface area (Å²) in [5, 5.41) is 7.87. The molecule has 5 aromatic carbocycles. The van der Waals surface area contributed by atoms with Gasteiger partial charge in [0.2, 0.25) is 0 Å². The minimum atomic E-state index is 0.364. The Kier molecular flexibility index (Phi) is 7.58. The quantitative estimate of drug-likeness (QED) is 0.176. The predicted octanol–water partition coefficient (Wildman–Crippen LogP) is 11.7. The van der Waals surface area contributed by atoms with Crippen LogP contribution in [0.5, 0.6) is 0 Å². The number of rotatable bonds is 5. The second kappa shape index (κ2) is 12.5. The van der Waals surface area contributed by atoms with Crippen molar-refractivity contribution in [1.82, 2.24) is 9.88 Å². The molecule has 9 rings (SSSR count). The van der Waals surface area contributed by atoms with Crippen LogP contribution in [0.4, 0.5) is 0 Å². The van der Waals surface area contributed by atoms with Gasteiger partial charge >= 0.3 is 0 Å². The highest BCUT2D eigenvalue weighted by Crippen LogP contribution is 2.43. The topological polar surface area (TPSA) is 16.1 Å².